The third-order valence-corrected chi connectivity index (χ3v) is 8.22. The number of rotatable bonds is 5. The van der Waals surface area contributed by atoms with Crippen molar-refractivity contribution in [2.75, 3.05) is 12.4 Å². The number of carbonyl (C=O) groups excluding carboxylic acids is 1. The third kappa shape index (κ3) is 5.01. The first-order valence-corrected chi connectivity index (χ1v) is 12.2. The summed E-state index contributed by atoms with van der Waals surface area (Å²) in [6.07, 6.45) is -5.30. The van der Waals surface area contributed by atoms with Crippen molar-refractivity contribution in [1.29, 1.82) is 0 Å². The van der Waals surface area contributed by atoms with Crippen LogP contribution in [0.3, 0.4) is 0 Å². The zero-order chi connectivity index (χ0) is 24.8. The molecule has 1 aliphatic heterocycles. The van der Waals surface area contributed by atoms with Crippen LogP contribution in [0.25, 0.3) is 0 Å². The molecule has 1 heterocycles. The van der Waals surface area contributed by atoms with E-state index >= 15 is 0 Å². The Balaban J connectivity index is 2.01. The van der Waals surface area contributed by atoms with Gasteiger partial charge in [-0.1, -0.05) is 18.2 Å². The lowest BCUT2D eigenvalue weighted by molar-refractivity contribution is -0.155. The topological polar surface area (TPSA) is 99.0 Å². The van der Waals surface area contributed by atoms with Crippen molar-refractivity contribution < 1.29 is 45.9 Å². The first-order valence-electron chi connectivity index (χ1n) is 9.53. The molecule has 4 N–H and O–H groups in total. The normalized spacial score (nSPS) is 23.5. The molecule has 1 saturated heterocycles. The van der Waals surface area contributed by atoms with Gasteiger partial charge in [-0.25, -0.2) is 4.39 Å². The fourth-order valence-corrected chi connectivity index (χ4v) is 5.91. The van der Waals surface area contributed by atoms with E-state index in [9.17, 15) is 41.1 Å². The van der Waals surface area contributed by atoms with Crippen LogP contribution in [-0.4, -0.2) is 52.4 Å². The van der Waals surface area contributed by atoms with E-state index in [-0.39, 0.29) is 16.4 Å². The summed E-state index contributed by atoms with van der Waals surface area (Å²) < 4.78 is 71.9. The monoisotopic (exact) mass is 509 g/mol. The van der Waals surface area contributed by atoms with Crippen molar-refractivity contribution in [3.63, 3.8) is 0 Å². The number of alkyl halides is 3. The summed E-state index contributed by atoms with van der Waals surface area (Å²) >= 11 is 0.341. The number of methoxy groups -OCH3 is 1. The second-order valence-electron chi connectivity index (χ2n) is 7.77. The zero-order valence-corrected chi connectivity index (χ0v) is 19.1. The minimum Gasteiger partial charge on any atom is -0.493 e. The summed E-state index contributed by atoms with van der Waals surface area (Å²) in [5.74, 6) is -5.26. The average Bonchev–Trinajstić information content (AvgIpc) is 3.08. The van der Waals surface area contributed by atoms with Crippen LogP contribution in [0.1, 0.15) is 24.8 Å². The highest BCUT2D eigenvalue weighted by molar-refractivity contribution is 8.02. The third-order valence-electron chi connectivity index (χ3n) is 5.42. The van der Waals surface area contributed by atoms with Crippen molar-refractivity contribution in [3.05, 3.63) is 53.6 Å². The Kier molecular flexibility index (Phi) is 6.84. The van der Waals surface area contributed by atoms with Crippen LogP contribution in [0.4, 0.5) is 27.6 Å². The van der Waals surface area contributed by atoms with E-state index < -0.39 is 60.6 Å². The number of benzene rings is 2. The maximum Gasteiger partial charge on any atom is 0.529 e. The van der Waals surface area contributed by atoms with Crippen molar-refractivity contribution in [3.8, 4) is 5.75 Å². The minimum atomic E-state index is -4.70. The van der Waals surface area contributed by atoms with Crippen LogP contribution < -0.4 is 15.2 Å². The SMILES string of the molecule is COc1c([C@@H]2C[C@](C)(C(F)(F)F)S[C@H]2C(=O)Nc2cccc([Si](O)(O)O)c2)ccc(F)c1F. The van der Waals surface area contributed by atoms with Crippen LogP contribution in [0.2, 0.25) is 0 Å². The summed E-state index contributed by atoms with van der Waals surface area (Å²) in [5.41, 5.74) is -0.0815. The van der Waals surface area contributed by atoms with Crippen molar-refractivity contribution in [2.24, 2.45) is 0 Å². The Labute approximate surface area is 190 Å². The quantitative estimate of drug-likeness (QED) is 0.366. The lowest BCUT2D eigenvalue weighted by Gasteiger charge is -2.26. The molecule has 1 fully saturated rings. The summed E-state index contributed by atoms with van der Waals surface area (Å²) in [4.78, 5) is 41.4. The smallest absolute Gasteiger partial charge is 0.493 e. The van der Waals surface area contributed by atoms with Gasteiger partial charge < -0.3 is 24.4 Å². The van der Waals surface area contributed by atoms with Crippen molar-refractivity contribution in [2.45, 2.75) is 35.4 Å². The first kappa shape index (κ1) is 25.4. The molecule has 2 aromatic carbocycles. The highest BCUT2D eigenvalue weighted by Crippen LogP contribution is 2.59. The zero-order valence-electron chi connectivity index (χ0n) is 17.3. The standard InChI is InChI=1S/C20H20F5NO5SSi/c1-19(20(23,24)25)9-13(12-6-7-14(21)15(22)16(12)31-2)17(32-19)18(27)26-10-4-3-5-11(8-10)33(28,29)30/h3-8,13,17,28-30H,9H2,1-2H3,(H,26,27)/t13-,17+,19+/m0/s1. The Morgan fingerprint density at radius 3 is 2.45 bits per heavy atom. The van der Waals surface area contributed by atoms with E-state index in [0.29, 0.717) is 11.8 Å². The van der Waals surface area contributed by atoms with E-state index in [0.717, 1.165) is 32.2 Å². The van der Waals surface area contributed by atoms with Gasteiger partial charge in [-0.2, -0.15) is 17.6 Å². The predicted octanol–water partition coefficient (Wildman–Crippen LogP) is 2.65. The fraction of sp³-hybridized carbons (Fsp3) is 0.350. The number of anilines is 1. The molecule has 0 aromatic heterocycles. The molecule has 0 bridgehead atoms. The molecule has 0 radical (unpaired) electrons. The van der Waals surface area contributed by atoms with Gasteiger partial charge in [0.2, 0.25) is 11.7 Å². The lowest BCUT2D eigenvalue weighted by atomic mass is 9.85. The summed E-state index contributed by atoms with van der Waals surface area (Å²) in [5, 5.41) is 0.774. The maximum absolute atomic E-state index is 14.3. The number of halogens is 5. The van der Waals surface area contributed by atoms with E-state index in [2.05, 4.69) is 5.32 Å². The second kappa shape index (κ2) is 8.87. The van der Waals surface area contributed by atoms with Gasteiger partial charge in [0.05, 0.1) is 12.4 Å². The van der Waals surface area contributed by atoms with Crippen molar-refractivity contribution >= 4 is 37.3 Å². The highest BCUT2D eigenvalue weighted by Gasteiger charge is 2.60. The predicted molar refractivity (Wildman–Crippen MR) is 113 cm³/mol. The Hall–Kier alpha value is -2.19. The number of hydrogen-bond donors (Lipinski definition) is 4. The Morgan fingerprint density at radius 1 is 1.21 bits per heavy atom. The van der Waals surface area contributed by atoms with Gasteiger partial charge >= 0.3 is 15.0 Å². The van der Waals surface area contributed by atoms with Gasteiger partial charge in [0.1, 0.15) is 4.75 Å². The van der Waals surface area contributed by atoms with Gasteiger partial charge in [-0.3, -0.25) is 4.79 Å². The largest absolute Gasteiger partial charge is 0.529 e. The number of carbonyl (C=O) groups is 1. The lowest BCUT2D eigenvalue weighted by Crippen LogP contribution is -2.48. The average molecular weight is 510 g/mol. The molecule has 2 aromatic rings. The molecular formula is C20H20F5NO5SSi. The van der Waals surface area contributed by atoms with Crippen LogP contribution in [0, 0.1) is 11.6 Å². The van der Waals surface area contributed by atoms with Gasteiger partial charge in [0.25, 0.3) is 0 Å². The Bertz CT molecular complexity index is 1060. The second-order valence-corrected chi connectivity index (χ2v) is 11.3. The molecule has 1 aliphatic rings. The molecule has 6 nitrogen and oxygen atoms in total. The number of ether oxygens (including phenoxy) is 1. The Morgan fingerprint density at radius 2 is 1.88 bits per heavy atom. The number of thioether (sulfide) groups is 1. The van der Waals surface area contributed by atoms with E-state index in [4.69, 9.17) is 4.74 Å². The molecule has 3 atom stereocenters. The summed E-state index contributed by atoms with van der Waals surface area (Å²) in [7, 11) is -3.64. The highest BCUT2D eigenvalue weighted by atomic mass is 32.2. The maximum atomic E-state index is 14.3. The van der Waals surface area contributed by atoms with Gasteiger partial charge in [0, 0.05) is 22.4 Å². The van der Waals surface area contributed by atoms with Crippen LogP contribution in [0.5, 0.6) is 5.75 Å². The minimum absolute atomic E-state index is 0.00346. The van der Waals surface area contributed by atoms with Crippen LogP contribution in [-0.2, 0) is 4.79 Å². The summed E-state index contributed by atoms with van der Waals surface area (Å²) in [6, 6.07) is 6.80. The van der Waals surface area contributed by atoms with Crippen LogP contribution >= 0.6 is 11.8 Å². The number of amides is 1. The first-order chi connectivity index (χ1) is 15.2. The molecule has 0 saturated carbocycles. The molecule has 13 heteroatoms. The van der Waals surface area contributed by atoms with Crippen molar-refractivity contribution in [1.82, 2.24) is 0 Å². The van der Waals surface area contributed by atoms with E-state index in [1.54, 1.807) is 0 Å². The molecule has 1 amide bonds. The molecule has 0 spiro atoms. The van der Waals surface area contributed by atoms with Gasteiger partial charge in [0.15, 0.2) is 11.6 Å². The molecule has 33 heavy (non-hydrogen) atoms. The molecule has 0 aliphatic carbocycles. The molecule has 180 valence electrons. The summed E-state index contributed by atoms with van der Waals surface area (Å²) in [6.45, 7) is 0.925. The number of hydrogen-bond acceptors (Lipinski definition) is 6. The van der Waals surface area contributed by atoms with Gasteiger partial charge in [-0.05, 0) is 31.5 Å². The van der Waals surface area contributed by atoms with Gasteiger partial charge in [-0.15, -0.1) is 11.8 Å². The van der Waals surface area contributed by atoms with E-state index in [1.807, 2.05) is 0 Å². The molecule has 3 rings (SSSR count). The van der Waals surface area contributed by atoms with Crippen LogP contribution in [0.15, 0.2) is 36.4 Å². The molecular weight excluding hydrogens is 489 g/mol. The van der Waals surface area contributed by atoms with E-state index in [1.165, 1.54) is 18.2 Å². The number of nitrogens with one attached hydrogen (secondary N) is 1. The fourth-order valence-electron chi connectivity index (χ4n) is 3.69. The molecule has 0 unspecified atom stereocenters.